The number of urea groups is 1. The number of nitrogens with zero attached hydrogens (tertiary/aromatic N) is 2. The third kappa shape index (κ3) is 7.90. The molecule has 2 heterocycles. The minimum absolute atomic E-state index is 0.0258. The average Bonchev–Trinajstić information content (AvgIpc) is 3.57. The van der Waals surface area contributed by atoms with Crippen LogP contribution in [0.25, 0.3) is 11.1 Å². The molecule has 0 aliphatic carbocycles. The van der Waals surface area contributed by atoms with Crippen LogP contribution in [0.3, 0.4) is 0 Å². The number of aliphatic hydroxyl groups excluding tert-OH is 1. The van der Waals surface area contributed by atoms with Gasteiger partial charge in [0.15, 0.2) is 11.5 Å². The molecule has 0 aromatic heterocycles. The van der Waals surface area contributed by atoms with Crippen molar-refractivity contribution in [2.75, 3.05) is 44.2 Å². The highest BCUT2D eigenvalue weighted by atomic mass is 16.7. The number of likely N-dealkylation sites (N-methyl/N-ethyl adjacent to an activating group) is 1. The second kappa shape index (κ2) is 14.8. The van der Waals surface area contributed by atoms with E-state index >= 15 is 0 Å². The highest BCUT2D eigenvalue weighted by Crippen LogP contribution is 2.34. The van der Waals surface area contributed by atoms with Crippen LogP contribution in [-0.2, 0) is 17.8 Å². The van der Waals surface area contributed by atoms with Gasteiger partial charge < -0.3 is 34.9 Å². The quantitative estimate of drug-likeness (QED) is 0.204. The summed E-state index contributed by atoms with van der Waals surface area (Å²) in [5, 5.41) is 15.7. The maximum Gasteiger partial charge on any atom is 0.323 e. The van der Waals surface area contributed by atoms with Gasteiger partial charge in [0, 0.05) is 48.6 Å². The van der Waals surface area contributed by atoms with E-state index in [0.717, 1.165) is 6.54 Å². The standard InChI is InChI=1S/C38H42N4O6/c1-25-20-42(26(2)23-43)37(44)18-30-17-31(39-38(45)40-32-14-16-34-35(19-32)47-24-46-34)13-15-33(30)48-36(25)22-41(3)21-27-9-11-29(12-10-27)28-7-5-4-6-8-28/h4-17,19,25-26,36,43H,18,20-24H2,1-3H3,(H2,39,40,45)/t25-,26-,36+/m1/s1. The molecule has 10 nitrogen and oxygen atoms in total. The number of nitrogens with one attached hydrogen (secondary N) is 2. The first-order valence-electron chi connectivity index (χ1n) is 16.3. The zero-order valence-electron chi connectivity index (χ0n) is 27.5. The van der Waals surface area contributed by atoms with E-state index in [1.54, 1.807) is 35.2 Å². The number of aliphatic hydroxyl groups is 1. The molecule has 4 aromatic rings. The minimum Gasteiger partial charge on any atom is -0.488 e. The van der Waals surface area contributed by atoms with Crippen molar-refractivity contribution in [3.8, 4) is 28.4 Å². The van der Waals surface area contributed by atoms with Crippen molar-refractivity contribution >= 4 is 23.3 Å². The zero-order valence-corrected chi connectivity index (χ0v) is 27.5. The van der Waals surface area contributed by atoms with Crippen molar-refractivity contribution in [1.82, 2.24) is 9.80 Å². The van der Waals surface area contributed by atoms with E-state index in [4.69, 9.17) is 14.2 Å². The van der Waals surface area contributed by atoms with E-state index in [2.05, 4.69) is 65.9 Å². The second-order valence-corrected chi connectivity index (χ2v) is 12.6. The number of carbonyl (C=O) groups is 2. The van der Waals surface area contributed by atoms with Crippen LogP contribution in [0, 0.1) is 5.92 Å². The van der Waals surface area contributed by atoms with Gasteiger partial charge >= 0.3 is 6.03 Å². The van der Waals surface area contributed by atoms with Crippen molar-refractivity contribution in [3.63, 3.8) is 0 Å². The van der Waals surface area contributed by atoms with Gasteiger partial charge in [0.25, 0.3) is 0 Å². The molecule has 250 valence electrons. The van der Waals surface area contributed by atoms with Gasteiger partial charge in [-0.25, -0.2) is 4.79 Å². The third-order valence-corrected chi connectivity index (χ3v) is 8.81. The van der Waals surface area contributed by atoms with E-state index < -0.39 is 6.03 Å². The van der Waals surface area contributed by atoms with Crippen LogP contribution in [0.2, 0.25) is 0 Å². The molecule has 3 amide bonds. The number of hydrogen-bond donors (Lipinski definition) is 3. The Bertz CT molecular complexity index is 1730. The van der Waals surface area contributed by atoms with Gasteiger partial charge in [0.05, 0.1) is 19.1 Å². The highest BCUT2D eigenvalue weighted by Gasteiger charge is 2.31. The van der Waals surface area contributed by atoms with Gasteiger partial charge in [-0.1, -0.05) is 61.5 Å². The molecule has 10 heteroatoms. The van der Waals surface area contributed by atoms with E-state index in [0.29, 0.717) is 47.3 Å². The lowest BCUT2D eigenvalue weighted by molar-refractivity contribution is -0.134. The number of fused-ring (bicyclic) bond motifs is 2. The van der Waals surface area contributed by atoms with Gasteiger partial charge in [-0.05, 0) is 61.0 Å². The van der Waals surface area contributed by atoms with Gasteiger partial charge in [0.1, 0.15) is 11.9 Å². The highest BCUT2D eigenvalue weighted by molar-refractivity contribution is 6.00. The van der Waals surface area contributed by atoms with E-state index in [-0.39, 0.29) is 43.8 Å². The first-order valence-corrected chi connectivity index (χ1v) is 16.3. The summed E-state index contributed by atoms with van der Waals surface area (Å²) in [6.45, 7) is 5.73. The lowest BCUT2D eigenvalue weighted by Crippen LogP contribution is -2.47. The average molecular weight is 651 g/mol. The molecule has 2 aliphatic rings. The molecule has 0 saturated heterocycles. The second-order valence-electron chi connectivity index (χ2n) is 12.6. The molecule has 6 rings (SSSR count). The van der Waals surface area contributed by atoms with Crippen LogP contribution in [0.1, 0.15) is 25.0 Å². The summed E-state index contributed by atoms with van der Waals surface area (Å²) in [5.74, 6) is 1.66. The molecule has 0 saturated carbocycles. The van der Waals surface area contributed by atoms with Crippen LogP contribution in [-0.4, -0.2) is 72.5 Å². The predicted molar refractivity (Wildman–Crippen MR) is 185 cm³/mol. The smallest absolute Gasteiger partial charge is 0.323 e. The van der Waals surface area contributed by atoms with Crippen LogP contribution < -0.4 is 24.8 Å². The van der Waals surface area contributed by atoms with E-state index in [1.165, 1.54) is 16.7 Å². The monoisotopic (exact) mass is 650 g/mol. The van der Waals surface area contributed by atoms with Crippen molar-refractivity contribution < 1.29 is 28.9 Å². The Balaban J connectivity index is 1.17. The van der Waals surface area contributed by atoms with Gasteiger partial charge in [-0.3, -0.25) is 9.69 Å². The van der Waals surface area contributed by atoms with E-state index in [1.807, 2.05) is 31.2 Å². The molecule has 0 spiro atoms. The SMILES string of the molecule is C[C@@H]1CN([C@H](C)CO)C(=O)Cc2cc(NC(=O)Nc3ccc4c(c3)OCO4)ccc2O[C@H]1CN(C)Cc1ccc(-c2ccccc2)cc1. The normalized spacial score (nSPS) is 17.9. The largest absolute Gasteiger partial charge is 0.488 e. The molecule has 2 aliphatic heterocycles. The Morgan fingerprint density at radius 2 is 1.58 bits per heavy atom. The summed E-state index contributed by atoms with van der Waals surface area (Å²) in [6.07, 6.45) is -0.174. The van der Waals surface area contributed by atoms with Crippen LogP contribution in [0.15, 0.2) is 91.0 Å². The summed E-state index contributed by atoms with van der Waals surface area (Å²) >= 11 is 0. The Labute approximate surface area is 281 Å². The number of ether oxygens (including phenoxy) is 3. The maximum atomic E-state index is 13.6. The lowest BCUT2D eigenvalue weighted by atomic mass is 10.0. The summed E-state index contributed by atoms with van der Waals surface area (Å²) < 4.78 is 17.4. The fraction of sp³-hybridized carbons (Fsp3) is 0.316. The fourth-order valence-corrected chi connectivity index (χ4v) is 6.11. The van der Waals surface area contributed by atoms with Crippen molar-refractivity contribution in [3.05, 3.63) is 102 Å². The molecule has 48 heavy (non-hydrogen) atoms. The van der Waals surface area contributed by atoms with Gasteiger partial charge in [0.2, 0.25) is 12.7 Å². The van der Waals surface area contributed by atoms with Crippen LogP contribution in [0.5, 0.6) is 17.2 Å². The number of carbonyl (C=O) groups excluding carboxylic acids is 2. The molecule has 3 N–H and O–H groups in total. The third-order valence-electron chi connectivity index (χ3n) is 8.81. The number of anilines is 2. The zero-order chi connectivity index (χ0) is 33.6. The molecule has 3 atom stereocenters. The van der Waals surface area contributed by atoms with Crippen molar-refractivity contribution in [2.24, 2.45) is 5.92 Å². The van der Waals surface area contributed by atoms with E-state index in [9.17, 15) is 14.7 Å². The maximum absolute atomic E-state index is 13.6. The lowest BCUT2D eigenvalue weighted by Gasteiger charge is -2.34. The minimum atomic E-state index is -0.440. The Kier molecular flexibility index (Phi) is 10.1. The molecule has 0 radical (unpaired) electrons. The number of amides is 3. The summed E-state index contributed by atoms with van der Waals surface area (Å²) in [7, 11) is 2.07. The molecular formula is C38H42N4O6. The Morgan fingerprint density at radius 3 is 2.31 bits per heavy atom. The predicted octanol–water partition coefficient (Wildman–Crippen LogP) is 6.01. The first-order chi connectivity index (χ1) is 23.2. The molecule has 0 unspecified atom stereocenters. The molecule has 0 fully saturated rings. The summed E-state index contributed by atoms with van der Waals surface area (Å²) in [6, 6.07) is 28.7. The molecule has 0 bridgehead atoms. The van der Waals surface area contributed by atoms with Crippen molar-refractivity contribution in [2.45, 2.75) is 39.0 Å². The van der Waals surface area contributed by atoms with Crippen molar-refractivity contribution in [1.29, 1.82) is 0 Å². The van der Waals surface area contributed by atoms with Gasteiger partial charge in [-0.15, -0.1) is 0 Å². The topological polar surface area (TPSA) is 113 Å². The van der Waals surface area contributed by atoms with Crippen LogP contribution >= 0.6 is 0 Å². The van der Waals surface area contributed by atoms with Crippen LogP contribution in [0.4, 0.5) is 16.2 Å². The summed E-state index contributed by atoms with van der Waals surface area (Å²) in [4.78, 5) is 30.5. The Morgan fingerprint density at radius 1 is 0.917 bits per heavy atom. The first kappa shape index (κ1) is 32.9. The number of benzene rings is 4. The molecule has 4 aromatic carbocycles. The Hall–Kier alpha value is -5.06. The fourth-order valence-electron chi connectivity index (χ4n) is 6.11. The number of rotatable bonds is 9. The molecular weight excluding hydrogens is 608 g/mol. The number of hydrogen-bond acceptors (Lipinski definition) is 7. The summed E-state index contributed by atoms with van der Waals surface area (Å²) in [5.41, 5.74) is 5.28. The van der Waals surface area contributed by atoms with Gasteiger partial charge in [-0.2, -0.15) is 0 Å².